The standard InChI is InChI=1S/C22H24N4O4/c1-13-10-14(2)23-20-19(13)21(25-26(20)3)28-12-18(27)24-15-6-7-16-17(11-15)30-22(29-16)8-4-5-9-22/h6-7,10-11H,4-5,8-9,12H2,1-3H3,(H,24,27). The number of carbonyl (C=O) groups is 1. The van der Waals surface area contributed by atoms with Crippen LogP contribution in [0.4, 0.5) is 5.69 Å². The molecule has 1 saturated carbocycles. The first-order chi connectivity index (χ1) is 14.4. The third-order valence-electron chi connectivity index (χ3n) is 5.61. The van der Waals surface area contributed by atoms with Gasteiger partial charge in [-0.25, -0.2) is 9.67 Å². The number of aromatic nitrogens is 3. The summed E-state index contributed by atoms with van der Waals surface area (Å²) in [5.74, 6) is 1.01. The van der Waals surface area contributed by atoms with Gasteiger partial charge in [-0.2, -0.15) is 0 Å². The van der Waals surface area contributed by atoms with Gasteiger partial charge in [0.2, 0.25) is 5.88 Å². The molecule has 2 aliphatic rings. The van der Waals surface area contributed by atoms with Gasteiger partial charge in [0.25, 0.3) is 11.7 Å². The summed E-state index contributed by atoms with van der Waals surface area (Å²) in [5, 5.41) is 8.04. The molecule has 2 aromatic heterocycles. The van der Waals surface area contributed by atoms with Crippen molar-refractivity contribution >= 4 is 22.6 Å². The number of amides is 1. The van der Waals surface area contributed by atoms with Crippen molar-refractivity contribution < 1.29 is 19.0 Å². The average Bonchev–Trinajstić information content (AvgIpc) is 3.38. The average molecular weight is 408 g/mol. The maximum atomic E-state index is 12.5. The number of anilines is 1. The van der Waals surface area contributed by atoms with Crippen LogP contribution in [0.25, 0.3) is 11.0 Å². The molecule has 30 heavy (non-hydrogen) atoms. The third kappa shape index (κ3) is 3.22. The number of nitrogens with one attached hydrogen (secondary N) is 1. The molecule has 5 rings (SSSR count). The zero-order valence-corrected chi connectivity index (χ0v) is 17.3. The van der Waals surface area contributed by atoms with E-state index in [0.29, 0.717) is 17.3 Å². The number of pyridine rings is 1. The van der Waals surface area contributed by atoms with Crippen LogP contribution in [0.3, 0.4) is 0 Å². The highest BCUT2D eigenvalue weighted by Gasteiger charge is 2.44. The van der Waals surface area contributed by atoms with Gasteiger partial charge in [-0.1, -0.05) is 0 Å². The van der Waals surface area contributed by atoms with Crippen LogP contribution in [0.1, 0.15) is 36.9 Å². The minimum Gasteiger partial charge on any atom is -0.466 e. The molecule has 0 saturated heterocycles. The Morgan fingerprint density at radius 2 is 1.97 bits per heavy atom. The number of ether oxygens (including phenoxy) is 3. The van der Waals surface area contributed by atoms with Gasteiger partial charge in [-0.3, -0.25) is 4.79 Å². The predicted molar refractivity (Wildman–Crippen MR) is 111 cm³/mol. The lowest BCUT2D eigenvalue weighted by atomic mass is 10.2. The largest absolute Gasteiger partial charge is 0.466 e. The highest BCUT2D eigenvalue weighted by atomic mass is 16.7. The number of hydrogen-bond acceptors (Lipinski definition) is 6. The van der Waals surface area contributed by atoms with Crippen LogP contribution in [0.5, 0.6) is 17.4 Å². The van der Waals surface area contributed by atoms with E-state index >= 15 is 0 Å². The van der Waals surface area contributed by atoms with E-state index in [2.05, 4.69) is 15.4 Å². The molecule has 1 spiro atoms. The fourth-order valence-corrected chi connectivity index (χ4v) is 4.27. The van der Waals surface area contributed by atoms with Crippen molar-refractivity contribution in [2.75, 3.05) is 11.9 Å². The van der Waals surface area contributed by atoms with Crippen LogP contribution in [0, 0.1) is 13.8 Å². The summed E-state index contributed by atoms with van der Waals surface area (Å²) in [6.07, 6.45) is 3.99. The Morgan fingerprint density at radius 1 is 1.20 bits per heavy atom. The van der Waals surface area contributed by atoms with Crippen LogP contribution in [0.2, 0.25) is 0 Å². The third-order valence-corrected chi connectivity index (χ3v) is 5.61. The minimum atomic E-state index is -0.516. The lowest BCUT2D eigenvalue weighted by molar-refractivity contribution is -0.118. The lowest BCUT2D eigenvalue weighted by Gasteiger charge is -2.21. The molecular formula is C22H24N4O4. The number of hydrogen-bond donors (Lipinski definition) is 1. The van der Waals surface area contributed by atoms with Crippen molar-refractivity contribution in [2.45, 2.75) is 45.3 Å². The SMILES string of the molecule is Cc1cc(C)c2c(OCC(=O)Nc3ccc4c(c3)OC3(CCCC3)O4)nn(C)c2n1. The van der Waals surface area contributed by atoms with E-state index in [4.69, 9.17) is 14.2 Å². The monoisotopic (exact) mass is 408 g/mol. The number of carbonyl (C=O) groups excluding carboxylic acids is 1. The van der Waals surface area contributed by atoms with Crippen LogP contribution >= 0.6 is 0 Å². The van der Waals surface area contributed by atoms with Gasteiger partial charge < -0.3 is 19.5 Å². The molecule has 1 N–H and O–H groups in total. The van der Waals surface area contributed by atoms with Crippen molar-refractivity contribution in [3.05, 3.63) is 35.5 Å². The topological polar surface area (TPSA) is 87.5 Å². The molecule has 1 aromatic carbocycles. The number of benzene rings is 1. The van der Waals surface area contributed by atoms with Gasteiger partial charge in [-0.15, -0.1) is 5.10 Å². The van der Waals surface area contributed by atoms with Gasteiger partial charge >= 0.3 is 0 Å². The summed E-state index contributed by atoms with van der Waals surface area (Å²) < 4.78 is 19.5. The van der Waals surface area contributed by atoms with E-state index in [-0.39, 0.29) is 12.5 Å². The second kappa shape index (κ2) is 6.90. The summed E-state index contributed by atoms with van der Waals surface area (Å²) in [6.45, 7) is 3.76. The summed E-state index contributed by atoms with van der Waals surface area (Å²) >= 11 is 0. The first-order valence-corrected chi connectivity index (χ1v) is 10.2. The van der Waals surface area contributed by atoms with Crippen molar-refractivity contribution in [2.24, 2.45) is 7.05 Å². The van der Waals surface area contributed by atoms with Crippen molar-refractivity contribution in [3.63, 3.8) is 0 Å². The quantitative estimate of drug-likeness (QED) is 0.709. The molecule has 1 amide bonds. The summed E-state index contributed by atoms with van der Waals surface area (Å²) in [6, 6.07) is 7.41. The second-order valence-corrected chi connectivity index (χ2v) is 8.03. The van der Waals surface area contributed by atoms with Crippen molar-refractivity contribution in [3.8, 4) is 17.4 Å². The Bertz CT molecular complexity index is 1150. The molecule has 156 valence electrons. The van der Waals surface area contributed by atoms with E-state index in [1.807, 2.05) is 33.0 Å². The number of fused-ring (bicyclic) bond motifs is 2. The maximum absolute atomic E-state index is 12.5. The van der Waals surface area contributed by atoms with Gasteiger partial charge in [0.15, 0.2) is 23.8 Å². The Morgan fingerprint density at radius 3 is 2.77 bits per heavy atom. The van der Waals surface area contributed by atoms with Crippen molar-refractivity contribution in [1.82, 2.24) is 14.8 Å². The number of rotatable bonds is 4. The molecule has 0 bridgehead atoms. The maximum Gasteiger partial charge on any atom is 0.262 e. The molecule has 0 radical (unpaired) electrons. The van der Waals surface area contributed by atoms with E-state index < -0.39 is 5.79 Å². The molecule has 0 atom stereocenters. The summed E-state index contributed by atoms with van der Waals surface area (Å²) in [4.78, 5) is 17.0. The molecular weight excluding hydrogens is 384 g/mol. The minimum absolute atomic E-state index is 0.155. The smallest absolute Gasteiger partial charge is 0.262 e. The molecule has 3 heterocycles. The predicted octanol–water partition coefficient (Wildman–Crippen LogP) is 3.64. The summed E-state index contributed by atoms with van der Waals surface area (Å²) in [7, 11) is 1.81. The second-order valence-electron chi connectivity index (χ2n) is 8.03. The molecule has 8 nitrogen and oxygen atoms in total. The van der Waals surface area contributed by atoms with E-state index in [1.165, 1.54) is 0 Å². The molecule has 3 aromatic rings. The van der Waals surface area contributed by atoms with Crippen LogP contribution in [-0.4, -0.2) is 33.1 Å². The number of aryl methyl sites for hydroxylation is 3. The van der Waals surface area contributed by atoms with Crippen molar-refractivity contribution in [1.29, 1.82) is 0 Å². The van der Waals surface area contributed by atoms with E-state index in [1.54, 1.807) is 16.8 Å². The Kier molecular flexibility index (Phi) is 4.30. The normalized spacial score (nSPS) is 16.4. The van der Waals surface area contributed by atoms with E-state index in [0.717, 1.165) is 53.7 Å². The lowest BCUT2D eigenvalue weighted by Crippen LogP contribution is -2.34. The van der Waals surface area contributed by atoms with Gasteiger partial charge in [0, 0.05) is 37.3 Å². The number of nitrogens with zero attached hydrogens (tertiary/aromatic N) is 3. The molecule has 1 fully saturated rings. The van der Waals surface area contributed by atoms with E-state index in [9.17, 15) is 4.79 Å². The first-order valence-electron chi connectivity index (χ1n) is 10.2. The zero-order chi connectivity index (χ0) is 20.9. The van der Waals surface area contributed by atoms with Crippen LogP contribution < -0.4 is 19.5 Å². The first kappa shape index (κ1) is 18.7. The molecule has 1 aliphatic heterocycles. The highest BCUT2D eigenvalue weighted by Crippen LogP contribution is 2.47. The fourth-order valence-electron chi connectivity index (χ4n) is 4.27. The van der Waals surface area contributed by atoms with Gasteiger partial charge in [-0.05, 0) is 50.5 Å². The zero-order valence-electron chi connectivity index (χ0n) is 17.3. The highest BCUT2D eigenvalue weighted by molar-refractivity contribution is 5.93. The molecule has 0 unspecified atom stereocenters. The van der Waals surface area contributed by atoms with Crippen LogP contribution in [-0.2, 0) is 11.8 Å². The summed E-state index contributed by atoms with van der Waals surface area (Å²) in [5.41, 5.74) is 3.30. The van der Waals surface area contributed by atoms with Gasteiger partial charge in [0.1, 0.15) is 0 Å². The molecule has 8 heteroatoms. The van der Waals surface area contributed by atoms with Crippen LogP contribution in [0.15, 0.2) is 24.3 Å². The Labute approximate surface area is 174 Å². The molecule has 1 aliphatic carbocycles. The van der Waals surface area contributed by atoms with Gasteiger partial charge in [0.05, 0.1) is 5.39 Å². The Balaban J connectivity index is 1.26. The Hall–Kier alpha value is -3.29. The fraction of sp³-hybridized carbons (Fsp3) is 0.409.